The number of ether oxygens (including phenoxy) is 1. The van der Waals surface area contributed by atoms with Gasteiger partial charge in [-0.3, -0.25) is 19.3 Å². The van der Waals surface area contributed by atoms with Gasteiger partial charge >= 0.3 is 0 Å². The Balaban J connectivity index is 1.60. The van der Waals surface area contributed by atoms with Crippen molar-refractivity contribution in [2.24, 2.45) is 5.10 Å². The van der Waals surface area contributed by atoms with Crippen molar-refractivity contribution < 1.29 is 19.1 Å². The van der Waals surface area contributed by atoms with Crippen LogP contribution in [0.25, 0.3) is 0 Å². The SMILES string of the molecule is COc1ccc(C2=NN(C(=O)CN3C(=O)CSC3=O)C(c3cccs3)C2)cc1. The molecule has 3 amide bonds. The Bertz CT molecular complexity index is 925. The van der Waals surface area contributed by atoms with E-state index in [1.165, 1.54) is 5.01 Å². The third kappa shape index (κ3) is 3.55. The third-order valence-corrected chi connectivity index (χ3v) is 6.43. The maximum absolute atomic E-state index is 12.9. The van der Waals surface area contributed by atoms with Gasteiger partial charge in [-0.15, -0.1) is 11.3 Å². The smallest absolute Gasteiger partial charge is 0.289 e. The zero-order chi connectivity index (χ0) is 19.7. The highest BCUT2D eigenvalue weighted by molar-refractivity contribution is 8.14. The molecule has 1 atom stereocenters. The van der Waals surface area contributed by atoms with Crippen LogP contribution < -0.4 is 4.74 Å². The van der Waals surface area contributed by atoms with Crippen molar-refractivity contribution >= 4 is 45.9 Å². The number of thioether (sulfide) groups is 1. The summed E-state index contributed by atoms with van der Waals surface area (Å²) < 4.78 is 5.19. The fourth-order valence-electron chi connectivity index (χ4n) is 3.14. The first-order valence-corrected chi connectivity index (χ1v) is 10.5. The summed E-state index contributed by atoms with van der Waals surface area (Å²) in [6.07, 6.45) is 0.565. The average Bonchev–Trinajstić information content (AvgIpc) is 3.44. The van der Waals surface area contributed by atoms with E-state index in [4.69, 9.17) is 4.74 Å². The van der Waals surface area contributed by atoms with E-state index in [9.17, 15) is 14.4 Å². The number of imide groups is 1. The summed E-state index contributed by atoms with van der Waals surface area (Å²) in [6, 6.07) is 11.2. The molecule has 0 saturated carbocycles. The number of thiophene rings is 1. The minimum atomic E-state index is -0.385. The maximum Gasteiger partial charge on any atom is 0.289 e. The Morgan fingerprint density at radius 3 is 2.64 bits per heavy atom. The van der Waals surface area contributed by atoms with Crippen molar-refractivity contribution in [3.63, 3.8) is 0 Å². The van der Waals surface area contributed by atoms with Crippen LogP contribution in [0, 0.1) is 0 Å². The molecule has 1 fully saturated rings. The number of rotatable bonds is 5. The summed E-state index contributed by atoms with van der Waals surface area (Å²) in [4.78, 5) is 38.6. The molecule has 0 N–H and O–H groups in total. The quantitative estimate of drug-likeness (QED) is 0.750. The molecule has 2 aliphatic rings. The summed E-state index contributed by atoms with van der Waals surface area (Å²) in [5.74, 6) is 0.121. The molecule has 144 valence electrons. The van der Waals surface area contributed by atoms with E-state index in [-0.39, 0.29) is 35.4 Å². The minimum Gasteiger partial charge on any atom is -0.497 e. The lowest BCUT2D eigenvalue weighted by Gasteiger charge is -2.22. The summed E-state index contributed by atoms with van der Waals surface area (Å²) in [5, 5.41) is 7.53. The maximum atomic E-state index is 12.9. The summed E-state index contributed by atoms with van der Waals surface area (Å²) in [5.41, 5.74) is 1.68. The highest BCUT2D eigenvalue weighted by Crippen LogP contribution is 2.35. The zero-order valence-electron chi connectivity index (χ0n) is 15.0. The molecule has 0 spiro atoms. The van der Waals surface area contributed by atoms with Gasteiger partial charge in [-0.1, -0.05) is 17.8 Å². The molecule has 1 unspecified atom stereocenters. The van der Waals surface area contributed by atoms with Crippen LogP contribution in [-0.2, 0) is 9.59 Å². The van der Waals surface area contributed by atoms with Crippen LogP contribution >= 0.6 is 23.1 Å². The Morgan fingerprint density at radius 1 is 1.25 bits per heavy atom. The summed E-state index contributed by atoms with van der Waals surface area (Å²) in [6.45, 7) is -0.286. The predicted octanol–water partition coefficient (Wildman–Crippen LogP) is 3.13. The molecule has 1 aromatic carbocycles. The van der Waals surface area contributed by atoms with Crippen LogP contribution in [0.2, 0.25) is 0 Å². The number of methoxy groups -OCH3 is 1. The fraction of sp³-hybridized carbons (Fsp3) is 0.263. The highest BCUT2D eigenvalue weighted by atomic mass is 32.2. The van der Waals surface area contributed by atoms with Gasteiger partial charge in [0.1, 0.15) is 12.3 Å². The van der Waals surface area contributed by atoms with E-state index < -0.39 is 0 Å². The van der Waals surface area contributed by atoms with Gasteiger partial charge in [-0.25, -0.2) is 5.01 Å². The van der Waals surface area contributed by atoms with Gasteiger partial charge in [-0.2, -0.15) is 5.10 Å². The van der Waals surface area contributed by atoms with Gasteiger partial charge in [0, 0.05) is 11.3 Å². The topological polar surface area (TPSA) is 79.3 Å². The van der Waals surface area contributed by atoms with E-state index in [1.807, 2.05) is 41.8 Å². The summed E-state index contributed by atoms with van der Waals surface area (Å²) in [7, 11) is 1.61. The lowest BCUT2D eigenvalue weighted by Crippen LogP contribution is -2.40. The first-order chi connectivity index (χ1) is 13.6. The van der Waals surface area contributed by atoms with Gasteiger partial charge in [0.05, 0.1) is 24.6 Å². The Kier molecular flexibility index (Phi) is 5.19. The second kappa shape index (κ2) is 7.76. The molecular weight excluding hydrogens is 398 g/mol. The van der Waals surface area contributed by atoms with E-state index in [0.717, 1.165) is 38.6 Å². The molecule has 7 nitrogen and oxygen atoms in total. The highest BCUT2D eigenvalue weighted by Gasteiger charge is 2.38. The molecule has 0 radical (unpaired) electrons. The molecule has 3 heterocycles. The van der Waals surface area contributed by atoms with Crippen LogP contribution in [0.3, 0.4) is 0 Å². The van der Waals surface area contributed by atoms with Gasteiger partial charge < -0.3 is 4.74 Å². The number of carbonyl (C=O) groups excluding carboxylic acids is 3. The van der Waals surface area contributed by atoms with Crippen molar-refractivity contribution in [2.75, 3.05) is 19.4 Å². The van der Waals surface area contributed by atoms with Gasteiger partial charge in [0.15, 0.2) is 0 Å². The Labute approximate surface area is 170 Å². The molecule has 4 rings (SSSR count). The number of hydrogen-bond acceptors (Lipinski definition) is 7. The molecule has 9 heteroatoms. The van der Waals surface area contributed by atoms with Crippen LogP contribution in [0.5, 0.6) is 5.75 Å². The van der Waals surface area contributed by atoms with Crippen LogP contribution in [-0.4, -0.2) is 52.1 Å². The van der Waals surface area contributed by atoms with Crippen molar-refractivity contribution in [2.45, 2.75) is 12.5 Å². The lowest BCUT2D eigenvalue weighted by atomic mass is 10.0. The Morgan fingerprint density at radius 2 is 2.04 bits per heavy atom. The predicted molar refractivity (Wildman–Crippen MR) is 108 cm³/mol. The molecule has 28 heavy (non-hydrogen) atoms. The van der Waals surface area contributed by atoms with Crippen molar-refractivity contribution in [3.8, 4) is 5.75 Å². The van der Waals surface area contributed by atoms with Crippen LogP contribution in [0.15, 0.2) is 46.9 Å². The van der Waals surface area contributed by atoms with Gasteiger partial charge in [0.2, 0.25) is 5.91 Å². The standard InChI is InChI=1S/C19H17N3O4S2/c1-26-13-6-4-12(5-7-13)14-9-15(16-3-2-8-27-16)22(20-14)17(23)10-21-18(24)11-28-19(21)25/h2-8,15H,9-11H2,1H3. The molecule has 1 aromatic heterocycles. The fourth-order valence-corrected chi connectivity index (χ4v) is 4.68. The number of benzene rings is 1. The second-order valence-corrected chi connectivity index (χ2v) is 8.19. The number of hydrogen-bond donors (Lipinski definition) is 0. The summed E-state index contributed by atoms with van der Waals surface area (Å²) >= 11 is 2.47. The second-order valence-electron chi connectivity index (χ2n) is 6.28. The Hall–Kier alpha value is -2.65. The normalized spacial score (nSPS) is 19.3. The van der Waals surface area contributed by atoms with E-state index in [1.54, 1.807) is 18.4 Å². The first-order valence-electron chi connectivity index (χ1n) is 8.61. The number of hydrazone groups is 1. The molecule has 2 aliphatic heterocycles. The van der Waals surface area contributed by atoms with Crippen molar-refractivity contribution in [3.05, 3.63) is 52.2 Å². The third-order valence-electron chi connectivity index (χ3n) is 4.59. The molecule has 2 aromatic rings. The van der Waals surface area contributed by atoms with E-state index >= 15 is 0 Å². The molecule has 0 bridgehead atoms. The number of nitrogens with zero attached hydrogens (tertiary/aromatic N) is 3. The van der Waals surface area contributed by atoms with Crippen molar-refractivity contribution in [1.82, 2.24) is 9.91 Å². The van der Waals surface area contributed by atoms with E-state index in [2.05, 4.69) is 5.10 Å². The monoisotopic (exact) mass is 415 g/mol. The first kappa shape index (κ1) is 18.7. The molecule has 1 saturated heterocycles. The molecule has 0 aliphatic carbocycles. The van der Waals surface area contributed by atoms with Gasteiger partial charge in [-0.05, 0) is 41.3 Å². The lowest BCUT2D eigenvalue weighted by molar-refractivity contribution is -0.137. The van der Waals surface area contributed by atoms with Gasteiger partial charge in [0.25, 0.3) is 11.1 Å². The number of carbonyl (C=O) groups is 3. The largest absolute Gasteiger partial charge is 0.497 e. The number of amides is 3. The van der Waals surface area contributed by atoms with Crippen molar-refractivity contribution in [1.29, 1.82) is 0 Å². The van der Waals surface area contributed by atoms with Crippen LogP contribution in [0.1, 0.15) is 22.9 Å². The van der Waals surface area contributed by atoms with E-state index in [0.29, 0.717) is 6.42 Å². The van der Waals surface area contributed by atoms with Crippen LogP contribution in [0.4, 0.5) is 4.79 Å². The zero-order valence-corrected chi connectivity index (χ0v) is 16.7. The minimum absolute atomic E-state index is 0.0842. The molecular formula is C19H17N3O4S2. The average molecular weight is 415 g/mol.